The maximum atomic E-state index is 6.02. The van der Waals surface area contributed by atoms with Crippen LogP contribution in [0, 0.1) is 0 Å². The first-order valence-corrected chi connectivity index (χ1v) is 4.51. The molecular weight excluding hydrogens is 150 g/mol. The molecule has 0 unspecified atom stereocenters. The summed E-state index contributed by atoms with van der Waals surface area (Å²) in [6.45, 7) is 3.12. The van der Waals surface area contributed by atoms with Crippen LogP contribution in [0.5, 0.6) is 0 Å². The summed E-state index contributed by atoms with van der Waals surface area (Å²) in [5, 5.41) is 0. The molecule has 0 amide bonds. The lowest BCUT2D eigenvalue weighted by Gasteiger charge is -2.09. The van der Waals surface area contributed by atoms with Gasteiger partial charge in [0.05, 0.1) is 6.33 Å². The average molecular weight is 165 g/mol. The molecule has 1 fully saturated rings. The first kappa shape index (κ1) is 7.80. The molecule has 1 aromatic rings. The minimum atomic E-state index is 0.104. The van der Waals surface area contributed by atoms with E-state index in [1.165, 1.54) is 18.5 Å². The molecule has 0 bridgehead atoms. The number of hydrogen-bond acceptors (Lipinski definition) is 2. The van der Waals surface area contributed by atoms with Crippen LogP contribution < -0.4 is 5.73 Å². The van der Waals surface area contributed by atoms with Crippen molar-refractivity contribution in [2.45, 2.75) is 38.3 Å². The molecular formula is C9H15N3. The van der Waals surface area contributed by atoms with Gasteiger partial charge in [0, 0.05) is 30.4 Å². The maximum absolute atomic E-state index is 6.02. The Morgan fingerprint density at radius 2 is 2.42 bits per heavy atom. The van der Waals surface area contributed by atoms with Crippen LogP contribution in [-0.2, 0) is 13.0 Å². The monoisotopic (exact) mass is 165 g/mol. The van der Waals surface area contributed by atoms with Gasteiger partial charge in [0.1, 0.15) is 0 Å². The summed E-state index contributed by atoms with van der Waals surface area (Å²) >= 11 is 0. The molecule has 1 aromatic heterocycles. The van der Waals surface area contributed by atoms with Gasteiger partial charge in [-0.15, -0.1) is 0 Å². The van der Waals surface area contributed by atoms with Gasteiger partial charge in [0.15, 0.2) is 0 Å². The van der Waals surface area contributed by atoms with Gasteiger partial charge in [-0.1, -0.05) is 0 Å². The van der Waals surface area contributed by atoms with Crippen molar-refractivity contribution in [2.75, 3.05) is 0 Å². The predicted molar refractivity (Wildman–Crippen MR) is 47.8 cm³/mol. The molecule has 66 valence electrons. The highest BCUT2D eigenvalue weighted by molar-refractivity contribution is 5.11. The second-order valence-corrected chi connectivity index (χ2v) is 3.71. The zero-order chi connectivity index (χ0) is 8.60. The topological polar surface area (TPSA) is 43.8 Å². The van der Waals surface area contributed by atoms with E-state index in [0.29, 0.717) is 0 Å². The number of aromatic nitrogens is 2. The lowest BCUT2D eigenvalue weighted by molar-refractivity contribution is 0.615. The summed E-state index contributed by atoms with van der Waals surface area (Å²) in [7, 11) is 0. The van der Waals surface area contributed by atoms with Crippen LogP contribution in [0.15, 0.2) is 12.5 Å². The van der Waals surface area contributed by atoms with E-state index in [0.717, 1.165) is 13.0 Å². The first-order valence-electron chi connectivity index (χ1n) is 4.51. The number of imidazole rings is 1. The van der Waals surface area contributed by atoms with Crippen LogP contribution in [-0.4, -0.2) is 15.1 Å². The summed E-state index contributed by atoms with van der Waals surface area (Å²) in [5.74, 6) is 0. The van der Waals surface area contributed by atoms with E-state index in [-0.39, 0.29) is 5.54 Å². The van der Waals surface area contributed by atoms with Crippen LogP contribution in [0.4, 0.5) is 0 Å². The van der Waals surface area contributed by atoms with Crippen LogP contribution in [0.25, 0.3) is 0 Å². The highest BCUT2D eigenvalue weighted by atomic mass is 15.0. The Kier molecular flexibility index (Phi) is 1.68. The molecule has 0 saturated heterocycles. The van der Waals surface area contributed by atoms with Crippen molar-refractivity contribution in [3.63, 3.8) is 0 Å². The molecule has 1 saturated carbocycles. The maximum Gasteiger partial charge on any atom is 0.0948 e. The Labute approximate surface area is 72.6 Å². The highest BCUT2D eigenvalue weighted by Crippen LogP contribution is 2.35. The van der Waals surface area contributed by atoms with E-state index in [4.69, 9.17) is 5.73 Å². The third-order valence-corrected chi connectivity index (χ3v) is 2.56. The summed E-state index contributed by atoms with van der Waals surface area (Å²) < 4.78 is 2.16. The molecule has 2 rings (SSSR count). The van der Waals surface area contributed by atoms with E-state index in [9.17, 15) is 0 Å². The van der Waals surface area contributed by atoms with Gasteiger partial charge < -0.3 is 10.3 Å². The Bertz CT molecular complexity index is 273. The Balaban J connectivity index is 2.11. The standard InChI is InChI=1S/C9H15N3/c1-2-12-7-11-6-8(12)5-9(10)3-4-9/h6-7H,2-5,10H2,1H3. The van der Waals surface area contributed by atoms with Crippen LogP contribution in [0.3, 0.4) is 0 Å². The van der Waals surface area contributed by atoms with Crippen molar-refractivity contribution in [1.82, 2.24) is 9.55 Å². The van der Waals surface area contributed by atoms with Gasteiger partial charge in [0.2, 0.25) is 0 Å². The van der Waals surface area contributed by atoms with Crippen molar-refractivity contribution < 1.29 is 0 Å². The zero-order valence-corrected chi connectivity index (χ0v) is 7.45. The van der Waals surface area contributed by atoms with Gasteiger partial charge >= 0.3 is 0 Å². The Morgan fingerprint density at radius 1 is 1.67 bits per heavy atom. The molecule has 0 radical (unpaired) electrons. The average Bonchev–Trinajstić information content (AvgIpc) is 2.64. The smallest absolute Gasteiger partial charge is 0.0948 e. The van der Waals surface area contributed by atoms with E-state index in [1.54, 1.807) is 0 Å². The largest absolute Gasteiger partial charge is 0.335 e. The molecule has 1 heterocycles. The van der Waals surface area contributed by atoms with Gasteiger partial charge in [-0.3, -0.25) is 0 Å². The Morgan fingerprint density at radius 3 is 3.00 bits per heavy atom. The number of rotatable bonds is 3. The van der Waals surface area contributed by atoms with Crippen molar-refractivity contribution in [3.05, 3.63) is 18.2 Å². The molecule has 1 aliphatic rings. The fourth-order valence-electron chi connectivity index (χ4n) is 1.48. The van der Waals surface area contributed by atoms with Crippen LogP contribution in [0.2, 0.25) is 0 Å². The van der Waals surface area contributed by atoms with Crippen molar-refractivity contribution in [3.8, 4) is 0 Å². The molecule has 1 aliphatic carbocycles. The van der Waals surface area contributed by atoms with Crippen molar-refractivity contribution >= 4 is 0 Å². The minimum Gasteiger partial charge on any atom is -0.335 e. The summed E-state index contributed by atoms with van der Waals surface area (Å²) in [6.07, 6.45) is 7.13. The minimum absolute atomic E-state index is 0.104. The number of aryl methyl sites for hydroxylation is 1. The lowest BCUT2D eigenvalue weighted by atomic mass is 10.1. The van der Waals surface area contributed by atoms with E-state index >= 15 is 0 Å². The van der Waals surface area contributed by atoms with Crippen molar-refractivity contribution in [2.24, 2.45) is 5.73 Å². The summed E-state index contributed by atoms with van der Waals surface area (Å²) in [4.78, 5) is 4.11. The zero-order valence-electron chi connectivity index (χ0n) is 7.45. The number of nitrogens with zero attached hydrogens (tertiary/aromatic N) is 2. The summed E-state index contributed by atoms with van der Waals surface area (Å²) in [5.41, 5.74) is 7.40. The Hall–Kier alpha value is -0.830. The van der Waals surface area contributed by atoms with Crippen LogP contribution >= 0.6 is 0 Å². The molecule has 0 atom stereocenters. The normalized spacial score (nSPS) is 19.5. The van der Waals surface area contributed by atoms with Gasteiger partial charge in [-0.2, -0.15) is 0 Å². The SMILES string of the molecule is CCn1cncc1CC1(N)CC1. The van der Waals surface area contributed by atoms with Gasteiger partial charge in [-0.25, -0.2) is 4.98 Å². The molecule has 3 nitrogen and oxygen atoms in total. The third-order valence-electron chi connectivity index (χ3n) is 2.56. The van der Waals surface area contributed by atoms with E-state index in [1.807, 2.05) is 12.5 Å². The molecule has 3 heteroatoms. The summed E-state index contributed by atoms with van der Waals surface area (Å²) in [6, 6.07) is 0. The van der Waals surface area contributed by atoms with Crippen LogP contribution in [0.1, 0.15) is 25.5 Å². The van der Waals surface area contributed by atoms with Gasteiger partial charge in [0.25, 0.3) is 0 Å². The second-order valence-electron chi connectivity index (χ2n) is 3.71. The molecule has 0 aliphatic heterocycles. The number of hydrogen-bond donors (Lipinski definition) is 1. The third kappa shape index (κ3) is 1.37. The molecule has 12 heavy (non-hydrogen) atoms. The van der Waals surface area contributed by atoms with E-state index in [2.05, 4.69) is 16.5 Å². The van der Waals surface area contributed by atoms with E-state index < -0.39 is 0 Å². The number of nitrogens with two attached hydrogens (primary N) is 1. The first-order chi connectivity index (χ1) is 5.73. The van der Waals surface area contributed by atoms with Crippen molar-refractivity contribution in [1.29, 1.82) is 0 Å². The highest BCUT2D eigenvalue weighted by Gasteiger charge is 2.38. The fraction of sp³-hybridized carbons (Fsp3) is 0.667. The predicted octanol–water partition coefficient (Wildman–Crippen LogP) is 0.937. The lowest BCUT2D eigenvalue weighted by Crippen LogP contribution is -2.25. The molecule has 0 spiro atoms. The quantitative estimate of drug-likeness (QED) is 0.724. The van der Waals surface area contributed by atoms with Gasteiger partial charge in [-0.05, 0) is 19.8 Å². The fourth-order valence-corrected chi connectivity index (χ4v) is 1.48. The second kappa shape index (κ2) is 2.59. The molecule has 2 N–H and O–H groups in total. The molecule has 0 aromatic carbocycles.